The summed E-state index contributed by atoms with van der Waals surface area (Å²) in [5.41, 5.74) is 5.32. The van der Waals surface area contributed by atoms with Gasteiger partial charge in [0.05, 0.1) is 0 Å². The molecule has 0 radical (unpaired) electrons. The van der Waals surface area contributed by atoms with Crippen molar-refractivity contribution in [3.05, 3.63) is 66.4 Å². The zero-order chi connectivity index (χ0) is 19.8. The molecule has 7 heteroatoms. The summed E-state index contributed by atoms with van der Waals surface area (Å²) in [6, 6.07) is 20.8. The van der Waals surface area contributed by atoms with Gasteiger partial charge in [0.25, 0.3) is 0 Å². The number of nitrogens with one attached hydrogen (secondary N) is 1. The molecule has 0 amide bonds. The zero-order valence-electron chi connectivity index (χ0n) is 16.2. The van der Waals surface area contributed by atoms with E-state index < -0.39 is 0 Å². The number of rotatable bonds is 5. The van der Waals surface area contributed by atoms with Crippen molar-refractivity contribution >= 4 is 16.3 Å². The first-order valence-electron chi connectivity index (χ1n) is 9.60. The quantitative estimate of drug-likeness (QED) is 0.445. The minimum absolute atomic E-state index is 0.562. The molecule has 5 aromatic rings. The Morgan fingerprint density at radius 1 is 0.931 bits per heavy atom. The van der Waals surface area contributed by atoms with Crippen LogP contribution in [0.1, 0.15) is 19.5 Å². The van der Waals surface area contributed by atoms with Crippen molar-refractivity contribution in [3.63, 3.8) is 0 Å². The van der Waals surface area contributed by atoms with E-state index in [-0.39, 0.29) is 0 Å². The van der Waals surface area contributed by atoms with Crippen LogP contribution in [0.4, 0.5) is 0 Å². The van der Waals surface area contributed by atoms with Crippen LogP contribution in [0.3, 0.4) is 0 Å². The molecule has 0 aliphatic heterocycles. The first-order valence-corrected chi connectivity index (χ1v) is 10.4. The minimum atomic E-state index is 0.562. The van der Waals surface area contributed by atoms with Gasteiger partial charge in [-0.3, -0.25) is 5.10 Å². The summed E-state index contributed by atoms with van der Waals surface area (Å²) in [4.78, 5) is 0.760. The Bertz CT molecular complexity index is 1250. The van der Waals surface area contributed by atoms with E-state index in [1.807, 2.05) is 12.1 Å². The Morgan fingerprint density at radius 3 is 2.41 bits per heavy atom. The van der Waals surface area contributed by atoms with Gasteiger partial charge < -0.3 is 0 Å². The Kier molecular flexibility index (Phi) is 4.44. The van der Waals surface area contributed by atoms with Gasteiger partial charge in [-0.2, -0.15) is 14.7 Å². The zero-order valence-corrected chi connectivity index (χ0v) is 17.0. The molecule has 3 heterocycles. The summed E-state index contributed by atoms with van der Waals surface area (Å²) in [5, 5.41) is 21.7. The van der Waals surface area contributed by atoms with Crippen LogP contribution in [0.15, 0.2) is 60.7 Å². The molecule has 0 bridgehead atoms. The van der Waals surface area contributed by atoms with Crippen LogP contribution in [0.25, 0.3) is 38.2 Å². The lowest BCUT2D eigenvalue weighted by Gasteiger charge is -2.02. The average molecular weight is 401 g/mol. The molecule has 0 aliphatic rings. The Balaban J connectivity index is 1.46. The van der Waals surface area contributed by atoms with Crippen LogP contribution in [0.5, 0.6) is 0 Å². The number of nitrogens with zero attached hydrogens (tertiary/aromatic N) is 5. The molecule has 5 rings (SSSR count). The number of aromatic nitrogens is 6. The van der Waals surface area contributed by atoms with Crippen LogP contribution in [-0.4, -0.2) is 30.0 Å². The van der Waals surface area contributed by atoms with Crippen molar-refractivity contribution in [2.75, 3.05) is 0 Å². The van der Waals surface area contributed by atoms with E-state index in [2.05, 4.69) is 82.8 Å². The number of aromatic amines is 1. The highest BCUT2D eigenvalue weighted by atomic mass is 32.1. The van der Waals surface area contributed by atoms with Crippen molar-refractivity contribution < 1.29 is 0 Å². The van der Waals surface area contributed by atoms with E-state index in [0.29, 0.717) is 11.7 Å². The van der Waals surface area contributed by atoms with Crippen molar-refractivity contribution in [1.29, 1.82) is 0 Å². The van der Waals surface area contributed by atoms with E-state index >= 15 is 0 Å². The van der Waals surface area contributed by atoms with Gasteiger partial charge in [-0.25, -0.2) is 0 Å². The maximum atomic E-state index is 4.75. The fraction of sp³-hybridized carbons (Fsp3) is 0.182. The standard InChI is InChI=1S/C22H20N6S/c1-14(2)12-18-13-19(24-23-18)20-25-26-22-28(20)27-21(29-22)17-10-8-16(9-11-17)15-6-4-3-5-7-15/h3-11,13-14H,12H2,1-2H3,(H,23,24). The number of H-pyrrole nitrogens is 1. The maximum absolute atomic E-state index is 4.75. The summed E-state index contributed by atoms with van der Waals surface area (Å²) in [6.45, 7) is 4.37. The van der Waals surface area contributed by atoms with Crippen molar-refractivity contribution in [3.8, 4) is 33.2 Å². The van der Waals surface area contributed by atoms with Crippen LogP contribution >= 0.6 is 11.3 Å². The van der Waals surface area contributed by atoms with Gasteiger partial charge in [0.2, 0.25) is 10.8 Å². The molecular weight excluding hydrogens is 380 g/mol. The van der Waals surface area contributed by atoms with Crippen molar-refractivity contribution in [1.82, 2.24) is 30.0 Å². The lowest BCUT2D eigenvalue weighted by molar-refractivity contribution is 0.633. The second kappa shape index (κ2) is 7.25. The molecular formula is C22H20N6S. The van der Waals surface area contributed by atoms with E-state index in [4.69, 9.17) is 5.10 Å². The van der Waals surface area contributed by atoms with Gasteiger partial charge in [-0.05, 0) is 29.5 Å². The van der Waals surface area contributed by atoms with Gasteiger partial charge in [-0.1, -0.05) is 79.8 Å². The first-order chi connectivity index (χ1) is 14.2. The molecule has 3 aromatic heterocycles. The number of fused-ring (bicyclic) bond motifs is 1. The lowest BCUT2D eigenvalue weighted by atomic mass is 10.0. The summed E-state index contributed by atoms with van der Waals surface area (Å²) in [5.74, 6) is 1.22. The Morgan fingerprint density at radius 2 is 1.66 bits per heavy atom. The molecule has 2 aromatic carbocycles. The van der Waals surface area contributed by atoms with Gasteiger partial charge >= 0.3 is 0 Å². The van der Waals surface area contributed by atoms with Crippen molar-refractivity contribution in [2.45, 2.75) is 20.3 Å². The smallest absolute Gasteiger partial charge is 0.235 e. The second-order valence-electron chi connectivity index (χ2n) is 7.44. The van der Waals surface area contributed by atoms with E-state index in [9.17, 15) is 0 Å². The third-order valence-corrected chi connectivity index (χ3v) is 5.67. The molecule has 144 valence electrons. The largest absolute Gasteiger partial charge is 0.282 e. The molecule has 0 saturated carbocycles. The lowest BCUT2D eigenvalue weighted by Crippen LogP contribution is -1.93. The van der Waals surface area contributed by atoms with Crippen LogP contribution in [0, 0.1) is 5.92 Å². The summed E-state index contributed by atoms with van der Waals surface area (Å²) in [6.07, 6.45) is 0.949. The fourth-order valence-electron chi connectivity index (χ4n) is 3.35. The van der Waals surface area contributed by atoms with Crippen LogP contribution in [0.2, 0.25) is 0 Å². The molecule has 0 spiro atoms. The normalized spacial score (nSPS) is 11.6. The number of hydrogen-bond donors (Lipinski definition) is 1. The first kappa shape index (κ1) is 17.8. The summed E-state index contributed by atoms with van der Waals surface area (Å²) in [7, 11) is 0. The molecule has 0 atom stereocenters. The van der Waals surface area contributed by atoms with Crippen LogP contribution in [-0.2, 0) is 6.42 Å². The highest BCUT2D eigenvalue weighted by Crippen LogP contribution is 2.29. The van der Waals surface area contributed by atoms with E-state index in [1.54, 1.807) is 4.52 Å². The molecule has 0 saturated heterocycles. The second-order valence-corrected chi connectivity index (χ2v) is 8.40. The highest BCUT2D eigenvalue weighted by Gasteiger charge is 2.17. The molecule has 0 fully saturated rings. The van der Waals surface area contributed by atoms with Crippen molar-refractivity contribution in [2.24, 2.45) is 5.92 Å². The van der Waals surface area contributed by atoms with Gasteiger partial charge in [-0.15, -0.1) is 10.2 Å². The third kappa shape index (κ3) is 3.45. The van der Waals surface area contributed by atoms with Gasteiger partial charge in [0.15, 0.2) is 0 Å². The SMILES string of the molecule is CC(C)Cc1cc(-c2nnc3sc(-c4ccc(-c5ccccc5)cc4)nn23)n[nH]1. The summed E-state index contributed by atoms with van der Waals surface area (Å²) >= 11 is 1.53. The van der Waals surface area contributed by atoms with E-state index in [1.165, 1.54) is 22.5 Å². The topological polar surface area (TPSA) is 71.8 Å². The van der Waals surface area contributed by atoms with Gasteiger partial charge in [0, 0.05) is 11.3 Å². The molecule has 6 nitrogen and oxygen atoms in total. The van der Waals surface area contributed by atoms with E-state index in [0.717, 1.165) is 33.3 Å². The molecule has 0 aliphatic carbocycles. The van der Waals surface area contributed by atoms with Gasteiger partial charge in [0.1, 0.15) is 10.7 Å². The van der Waals surface area contributed by atoms with Crippen LogP contribution < -0.4 is 0 Å². The fourth-order valence-corrected chi connectivity index (χ4v) is 4.19. The molecule has 0 unspecified atom stereocenters. The Labute approximate surface area is 172 Å². The average Bonchev–Trinajstić information content (AvgIpc) is 3.44. The third-order valence-electron chi connectivity index (χ3n) is 4.72. The number of hydrogen-bond acceptors (Lipinski definition) is 5. The minimum Gasteiger partial charge on any atom is -0.282 e. The highest BCUT2D eigenvalue weighted by molar-refractivity contribution is 7.19. The monoisotopic (exact) mass is 400 g/mol. The molecule has 1 N–H and O–H groups in total. The Hall–Kier alpha value is -3.32. The number of benzene rings is 2. The predicted molar refractivity (Wildman–Crippen MR) is 116 cm³/mol. The summed E-state index contributed by atoms with van der Waals surface area (Å²) < 4.78 is 1.78. The molecule has 29 heavy (non-hydrogen) atoms. The predicted octanol–water partition coefficient (Wildman–Crippen LogP) is 5.11. The maximum Gasteiger partial charge on any atom is 0.235 e.